The van der Waals surface area contributed by atoms with Gasteiger partial charge in [0.25, 0.3) is 5.91 Å². The van der Waals surface area contributed by atoms with E-state index in [2.05, 4.69) is 33.5 Å². The number of ether oxygens (including phenoxy) is 1. The molecule has 1 atom stereocenters. The maximum Gasteiger partial charge on any atom is 0.416 e. The van der Waals surface area contributed by atoms with E-state index in [9.17, 15) is 23.2 Å². The van der Waals surface area contributed by atoms with Crippen LogP contribution in [0, 0.1) is 13.8 Å². The minimum atomic E-state index is -4.31. The van der Waals surface area contributed by atoms with E-state index < -0.39 is 11.7 Å². The highest BCUT2D eigenvalue weighted by atomic mass is 19.4. The first-order valence-corrected chi connectivity index (χ1v) is 12.9. The molecule has 2 saturated heterocycles. The Morgan fingerprint density at radius 1 is 1.11 bits per heavy atom. The Kier molecular flexibility index (Phi) is 9.48. The molecule has 2 aliphatic heterocycles. The van der Waals surface area contributed by atoms with Crippen molar-refractivity contribution in [3.63, 3.8) is 0 Å². The van der Waals surface area contributed by atoms with Gasteiger partial charge in [-0.3, -0.25) is 14.6 Å². The molecule has 0 saturated carbocycles. The van der Waals surface area contributed by atoms with Crippen LogP contribution in [-0.4, -0.2) is 94.3 Å². The van der Waals surface area contributed by atoms with Gasteiger partial charge in [-0.25, -0.2) is 0 Å². The van der Waals surface area contributed by atoms with Gasteiger partial charge in [-0.1, -0.05) is 12.1 Å². The van der Waals surface area contributed by atoms with Gasteiger partial charge in [0.2, 0.25) is 0 Å². The summed E-state index contributed by atoms with van der Waals surface area (Å²) >= 11 is 0. The van der Waals surface area contributed by atoms with Crippen LogP contribution in [0.4, 0.5) is 13.2 Å². The Morgan fingerprint density at radius 2 is 1.68 bits per heavy atom. The number of aryl methyl sites for hydroxylation is 1. The molecular weight excluding hydrogens is 499 g/mol. The minimum absolute atomic E-state index is 0.0171. The molecule has 0 aliphatic carbocycles. The summed E-state index contributed by atoms with van der Waals surface area (Å²) in [4.78, 5) is 20.5. The third kappa shape index (κ3) is 6.68. The van der Waals surface area contributed by atoms with Gasteiger partial charge in [0.05, 0.1) is 22.5 Å². The number of halogens is 3. The van der Waals surface area contributed by atoms with E-state index in [4.69, 9.17) is 0 Å². The first-order valence-electron chi connectivity index (χ1n) is 12.9. The van der Waals surface area contributed by atoms with Crippen molar-refractivity contribution in [3.05, 3.63) is 52.3 Å². The minimum Gasteiger partial charge on any atom is -0.411 e. The molecule has 3 heterocycles. The van der Waals surface area contributed by atoms with Crippen LogP contribution in [0.5, 0.6) is 0 Å². The highest BCUT2D eigenvalue weighted by Crippen LogP contribution is 2.33. The molecule has 1 N–H and O–H groups in total. The summed E-state index contributed by atoms with van der Waals surface area (Å²) < 4.78 is 42.8. The van der Waals surface area contributed by atoms with Crippen LogP contribution in [0.2, 0.25) is 0 Å². The molecule has 8 nitrogen and oxygen atoms in total. The zero-order valence-electron chi connectivity index (χ0n) is 23.2. The Balaban J connectivity index is 0.00000127. The van der Waals surface area contributed by atoms with Crippen LogP contribution in [0.3, 0.4) is 0 Å². The first kappa shape index (κ1) is 29.9. The Morgan fingerprint density at radius 3 is 2.16 bits per heavy atom. The van der Waals surface area contributed by atoms with Gasteiger partial charge in [0.1, 0.15) is 0 Å². The number of hydrogen-bond donors (Lipinski definition) is 1. The van der Waals surface area contributed by atoms with E-state index >= 15 is 0 Å². The molecule has 38 heavy (non-hydrogen) atoms. The van der Waals surface area contributed by atoms with E-state index in [0.29, 0.717) is 36.6 Å². The lowest BCUT2D eigenvalue weighted by atomic mass is 9.86. The smallest absolute Gasteiger partial charge is 0.411 e. The lowest BCUT2D eigenvalue weighted by Crippen LogP contribution is -2.61. The van der Waals surface area contributed by atoms with Crippen molar-refractivity contribution in [3.8, 4) is 0 Å². The van der Waals surface area contributed by atoms with E-state index in [0.717, 1.165) is 55.0 Å². The second-order valence-corrected chi connectivity index (χ2v) is 10.6. The highest BCUT2D eigenvalue weighted by molar-refractivity contribution is 5.96. The lowest BCUT2D eigenvalue weighted by Gasteiger charge is -2.51. The standard InChI is InChI=1S/C25H34F3N5O2.C2H6O/c1-17-15-32(14-13-31(17)16-20-5-7-21(8-6-20)25(26,27)28)24(4)9-11-30(12-10-24)23(34)22-18(2)29-33(35)19(22)3;1-3-2/h5-8,17,35H,9-16H2,1-4H3;1-2H3/t17-;/m0./s1. The molecule has 0 bridgehead atoms. The zero-order valence-corrected chi connectivity index (χ0v) is 23.2. The van der Waals surface area contributed by atoms with Crippen LogP contribution in [0.15, 0.2) is 24.3 Å². The number of hydrogen-bond acceptors (Lipinski definition) is 6. The summed E-state index contributed by atoms with van der Waals surface area (Å²) in [5.74, 6) is -0.0860. The molecule has 2 aromatic rings. The first-order chi connectivity index (χ1) is 17.8. The predicted molar refractivity (Wildman–Crippen MR) is 138 cm³/mol. The van der Waals surface area contributed by atoms with Gasteiger partial charge in [-0.05, 0) is 58.2 Å². The molecule has 1 aromatic carbocycles. The van der Waals surface area contributed by atoms with E-state index in [1.54, 1.807) is 40.2 Å². The van der Waals surface area contributed by atoms with Crippen molar-refractivity contribution < 1.29 is 27.9 Å². The van der Waals surface area contributed by atoms with E-state index in [1.807, 2.05) is 4.90 Å². The molecule has 2 aliphatic rings. The largest absolute Gasteiger partial charge is 0.416 e. The highest BCUT2D eigenvalue weighted by Gasteiger charge is 2.40. The molecule has 212 valence electrons. The van der Waals surface area contributed by atoms with Crippen LogP contribution < -0.4 is 0 Å². The molecule has 2 fully saturated rings. The fourth-order valence-electron chi connectivity index (χ4n) is 5.36. The van der Waals surface area contributed by atoms with Crippen molar-refractivity contribution >= 4 is 5.91 Å². The Labute approximate surface area is 222 Å². The predicted octanol–water partition coefficient (Wildman–Crippen LogP) is 4.22. The number of nitrogens with zero attached hydrogens (tertiary/aromatic N) is 5. The van der Waals surface area contributed by atoms with Crippen molar-refractivity contribution in [2.24, 2.45) is 0 Å². The number of aromatic nitrogens is 2. The second-order valence-electron chi connectivity index (χ2n) is 10.6. The molecule has 0 unspecified atom stereocenters. The van der Waals surface area contributed by atoms with Crippen LogP contribution in [0.25, 0.3) is 0 Å². The van der Waals surface area contributed by atoms with Gasteiger partial charge in [-0.2, -0.15) is 13.2 Å². The maximum absolute atomic E-state index is 13.1. The summed E-state index contributed by atoms with van der Waals surface area (Å²) in [6.07, 6.45) is -2.60. The summed E-state index contributed by atoms with van der Waals surface area (Å²) in [7, 11) is 3.25. The number of rotatable bonds is 4. The van der Waals surface area contributed by atoms with Crippen LogP contribution in [0.1, 0.15) is 59.6 Å². The molecule has 0 spiro atoms. The summed E-state index contributed by atoms with van der Waals surface area (Å²) in [6, 6.07) is 5.71. The normalized spacial score (nSPS) is 20.7. The molecule has 1 aromatic heterocycles. The van der Waals surface area contributed by atoms with Gasteiger partial charge in [0.15, 0.2) is 0 Å². The summed E-state index contributed by atoms with van der Waals surface area (Å²) in [5, 5.41) is 13.7. The molecule has 11 heteroatoms. The number of likely N-dealkylation sites (tertiary alicyclic amines) is 1. The molecular formula is C27H40F3N5O3. The lowest BCUT2D eigenvalue weighted by molar-refractivity contribution is -0.137. The molecule has 4 rings (SSSR count). The quantitative estimate of drug-likeness (QED) is 0.587. The maximum atomic E-state index is 13.1. The SMILES string of the molecule is COC.Cc1nn(O)c(C)c1C(=O)N1CCC(C)(N2CCN(Cc3ccc(C(F)(F)F)cc3)[C@@H](C)C2)CC1. The number of methoxy groups -OCH3 is 1. The number of benzene rings is 1. The monoisotopic (exact) mass is 539 g/mol. The fraction of sp³-hybridized carbons (Fsp3) is 0.630. The van der Waals surface area contributed by atoms with Crippen LogP contribution >= 0.6 is 0 Å². The average molecular weight is 540 g/mol. The Hall–Kier alpha value is -2.63. The summed E-state index contributed by atoms with van der Waals surface area (Å²) in [6.45, 7) is 12.4. The number of piperidine rings is 1. The van der Waals surface area contributed by atoms with Gasteiger partial charge >= 0.3 is 6.18 Å². The Bertz CT molecular complexity index is 1080. The third-order valence-corrected chi connectivity index (χ3v) is 7.81. The summed E-state index contributed by atoms with van der Waals surface area (Å²) in [5.41, 5.74) is 1.71. The number of amides is 1. The second kappa shape index (κ2) is 12.0. The fourth-order valence-corrected chi connectivity index (χ4v) is 5.36. The van der Waals surface area contributed by atoms with Crippen molar-refractivity contribution in [2.75, 3.05) is 46.9 Å². The number of carbonyl (C=O) groups is 1. The van der Waals surface area contributed by atoms with Gasteiger partial charge in [-0.15, -0.1) is 9.94 Å². The zero-order chi connectivity index (χ0) is 28.3. The van der Waals surface area contributed by atoms with E-state index in [1.165, 1.54) is 0 Å². The van der Waals surface area contributed by atoms with Crippen LogP contribution in [-0.2, 0) is 17.5 Å². The van der Waals surface area contributed by atoms with Crippen molar-refractivity contribution in [1.29, 1.82) is 0 Å². The number of alkyl halides is 3. The number of carbonyl (C=O) groups excluding carboxylic acids is 1. The number of piperazine rings is 1. The topological polar surface area (TPSA) is 74.1 Å². The molecule has 1 amide bonds. The third-order valence-electron chi connectivity index (χ3n) is 7.81. The van der Waals surface area contributed by atoms with Gasteiger partial charge < -0.3 is 14.8 Å². The average Bonchev–Trinajstić information content (AvgIpc) is 3.11. The van der Waals surface area contributed by atoms with Crippen molar-refractivity contribution in [2.45, 2.75) is 64.8 Å². The van der Waals surface area contributed by atoms with E-state index in [-0.39, 0.29) is 17.5 Å². The van der Waals surface area contributed by atoms with Crippen molar-refractivity contribution in [1.82, 2.24) is 24.6 Å². The molecule has 0 radical (unpaired) electrons. The van der Waals surface area contributed by atoms with Gasteiger partial charge in [0, 0.05) is 65.1 Å².